The number of pyridine rings is 1. The summed E-state index contributed by atoms with van der Waals surface area (Å²) in [4.78, 5) is 8.99. The van der Waals surface area contributed by atoms with Crippen molar-refractivity contribution < 1.29 is 0 Å². The van der Waals surface area contributed by atoms with Gasteiger partial charge in [0, 0.05) is 37.4 Å². The molecule has 2 heterocycles. The average Bonchev–Trinajstić information content (AvgIpc) is 2.89. The molecule has 0 aliphatic rings. The second kappa shape index (κ2) is 5.43. The van der Waals surface area contributed by atoms with E-state index in [4.69, 9.17) is 0 Å². The molecular formula is C16H18N4. The highest BCUT2D eigenvalue weighted by Crippen LogP contribution is 2.24. The number of imidazole rings is 1. The van der Waals surface area contributed by atoms with Gasteiger partial charge >= 0.3 is 0 Å². The van der Waals surface area contributed by atoms with Gasteiger partial charge < -0.3 is 9.88 Å². The maximum Gasteiger partial charge on any atom is 0.110 e. The Bertz CT molecular complexity index is 712. The summed E-state index contributed by atoms with van der Waals surface area (Å²) < 4.78 is 2.05. The molecule has 0 spiro atoms. The van der Waals surface area contributed by atoms with Crippen molar-refractivity contribution in [3.05, 3.63) is 60.4 Å². The van der Waals surface area contributed by atoms with Crippen molar-refractivity contribution in [1.29, 1.82) is 0 Å². The van der Waals surface area contributed by atoms with Crippen molar-refractivity contribution in [2.24, 2.45) is 7.05 Å². The van der Waals surface area contributed by atoms with Crippen LogP contribution in [0.2, 0.25) is 0 Å². The van der Waals surface area contributed by atoms with E-state index < -0.39 is 0 Å². The van der Waals surface area contributed by atoms with Crippen molar-refractivity contribution in [2.45, 2.75) is 12.5 Å². The Kier molecular flexibility index (Phi) is 3.48. The monoisotopic (exact) mass is 266 g/mol. The number of nitrogens with zero attached hydrogens (tertiary/aromatic N) is 3. The van der Waals surface area contributed by atoms with Gasteiger partial charge in [0.05, 0.1) is 11.7 Å². The minimum absolute atomic E-state index is 0.155. The molecule has 1 atom stereocenters. The third-order valence-corrected chi connectivity index (χ3v) is 3.69. The topological polar surface area (TPSA) is 42.7 Å². The van der Waals surface area contributed by atoms with Gasteiger partial charge in [-0.05, 0) is 18.5 Å². The van der Waals surface area contributed by atoms with E-state index in [1.165, 1.54) is 10.8 Å². The van der Waals surface area contributed by atoms with Gasteiger partial charge in [-0.25, -0.2) is 4.98 Å². The number of aryl methyl sites for hydroxylation is 1. The molecule has 3 rings (SSSR count). The number of benzene rings is 1. The molecule has 4 heteroatoms. The molecule has 2 aromatic heterocycles. The van der Waals surface area contributed by atoms with Gasteiger partial charge in [-0.1, -0.05) is 24.3 Å². The molecule has 0 radical (unpaired) electrons. The zero-order chi connectivity index (χ0) is 13.9. The highest BCUT2D eigenvalue weighted by molar-refractivity contribution is 5.84. The number of likely N-dealkylation sites (N-methyl/N-ethyl adjacent to an activating group) is 1. The Morgan fingerprint density at radius 2 is 2.00 bits per heavy atom. The molecule has 1 N–H and O–H groups in total. The maximum absolute atomic E-state index is 4.59. The normalized spacial score (nSPS) is 12.7. The minimum Gasteiger partial charge on any atom is -0.338 e. The third kappa shape index (κ3) is 2.30. The number of aromatic nitrogens is 3. The molecule has 0 bridgehead atoms. The van der Waals surface area contributed by atoms with Crippen molar-refractivity contribution in [1.82, 2.24) is 19.9 Å². The van der Waals surface area contributed by atoms with Gasteiger partial charge in [0.2, 0.25) is 0 Å². The van der Waals surface area contributed by atoms with Crippen molar-refractivity contribution in [2.75, 3.05) is 7.05 Å². The fraction of sp³-hybridized carbons (Fsp3) is 0.250. The lowest BCUT2D eigenvalue weighted by Gasteiger charge is -2.17. The first-order chi connectivity index (χ1) is 9.79. The highest BCUT2D eigenvalue weighted by Gasteiger charge is 2.16. The van der Waals surface area contributed by atoms with E-state index in [-0.39, 0.29) is 6.04 Å². The molecule has 0 saturated carbocycles. The predicted molar refractivity (Wildman–Crippen MR) is 80.5 cm³/mol. The Morgan fingerprint density at radius 3 is 2.75 bits per heavy atom. The molecule has 4 nitrogen and oxygen atoms in total. The molecule has 1 unspecified atom stereocenters. The molecule has 3 aromatic rings. The predicted octanol–water partition coefficient (Wildman–Crippen LogP) is 2.47. The molecule has 20 heavy (non-hydrogen) atoms. The van der Waals surface area contributed by atoms with Crippen LogP contribution in [0, 0.1) is 0 Å². The van der Waals surface area contributed by atoms with Gasteiger partial charge in [-0.15, -0.1) is 0 Å². The van der Waals surface area contributed by atoms with Crippen LogP contribution >= 0.6 is 0 Å². The molecule has 0 aliphatic heterocycles. The molecule has 0 aliphatic carbocycles. The van der Waals surface area contributed by atoms with Crippen LogP contribution in [0.1, 0.15) is 17.6 Å². The lowest BCUT2D eigenvalue weighted by atomic mass is 10.0. The Morgan fingerprint density at radius 1 is 1.15 bits per heavy atom. The van der Waals surface area contributed by atoms with E-state index in [2.05, 4.69) is 44.1 Å². The number of hydrogen-bond donors (Lipinski definition) is 1. The fourth-order valence-corrected chi connectivity index (χ4v) is 2.53. The fourth-order valence-electron chi connectivity index (χ4n) is 2.53. The summed E-state index contributed by atoms with van der Waals surface area (Å²) in [6, 6.07) is 10.6. The number of nitrogens with one attached hydrogen (secondary N) is 1. The Labute approximate surface area is 118 Å². The van der Waals surface area contributed by atoms with Crippen LogP contribution in [0.15, 0.2) is 48.9 Å². The number of fused-ring (bicyclic) bond motifs is 1. The lowest BCUT2D eigenvalue weighted by molar-refractivity contribution is 0.554. The van der Waals surface area contributed by atoms with E-state index in [1.54, 1.807) is 0 Å². The minimum atomic E-state index is 0.155. The van der Waals surface area contributed by atoms with Crippen LogP contribution in [-0.2, 0) is 13.5 Å². The van der Waals surface area contributed by atoms with Crippen LogP contribution < -0.4 is 5.32 Å². The quantitative estimate of drug-likeness (QED) is 0.789. The van der Waals surface area contributed by atoms with E-state index in [0.29, 0.717) is 0 Å². The van der Waals surface area contributed by atoms with E-state index >= 15 is 0 Å². The summed E-state index contributed by atoms with van der Waals surface area (Å²) in [5, 5.41) is 5.78. The van der Waals surface area contributed by atoms with Crippen LogP contribution in [0.25, 0.3) is 10.8 Å². The van der Waals surface area contributed by atoms with Crippen molar-refractivity contribution in [3.63, 3.8) is 0 Å². The summed E-state index contributed by atoms with van der Waals surface area (Å²) in [6.45, 7) is 0. The van der Waals surface area contributed by atoms with E-state index in [1.807, 2.05) is 38.8 Å². The first-order valence-corrected chi connectivity index (χ1v) is 6.76. The van der Waals surface area contributed by atoms with Crippen LogP contribution in [0.3, 0.4) is 0 Å². The van der Waals surface area contributed by atoms with Gasteiger partial charge in [0.15, 0.2) is 0 Å². The maximum atomic E-state index is 4.59. The summed E-state index contributed by atoms with van der Waals surface area (Å²) in [7, 11) is 3.99. The van der Waals surface area contributed by atoms with Crippen LogP contribution in [0.4, 0.5) is 0 Å². The zero-order valence-electron chi connectivity index (χ0n) is 11.7. The summed E-state index contributed by atoms with van der Waals surface area (Å²) >= 11 is 0. The SMILES string of the molecule is CNC(Cc1nccn1C)c1nccc2ccccc12. The summed E-state index contributed by atoms with van der Waals surface area (Å²) in [6.07, 6.45) is 6.50. The molecule has 1 aromatic carbocycles. The van der Waals surface area contributed by atoms with Gasteiger partial charge in [0.25, 0.3) is 0 Å². The zero-order valence-corrected chi connectivity index (χ0v) is 11.7. The van der Waals surface area contributed by atoms with E-state index in [0.717, 1.165) is 17.9 Å². The number of hydrogen-bond acceptors (Lipinski definition) is 3. The Hall–Kier alpha value is -2.20. The second-order valence-corrected chi connectivity index (χ2v) is 4.92. The molecule has 0 saturated heterocycles. The third-order valence-electron chi connectivity index (χ3n) is 3.69. The molecule has 0 fully saturated rings. The summed E-state index contributed by atoms with van der Waals surface area (Å²) in [5.41, 5.74) is 1.08. The van der Waals surface area contributed by atoms with Gasteiger partial charge in [-0.3, -0.25) is 4.98 Å². The first-order valence-electron chi connectivity index (χ1n) is 6.76. The molecular weight excluding hydrogens is 248 g/mol. The van der Waals surface area contributed by atoms with Crippen molar-refractivity contribution in [3.8, 4) is 0 Å². The van der Waals surface area contributed by atoms with Gasteiger partial charge in [-0.2, -0.15) is 0 Å². The highest BCUT2D eigenvalue weighted by atomic mass is 15.0. The summed E-state index contributed by atoms with van der Waals surface area (Å²) in [5.74, 6) is 1.05. The van der Waals surface area contributed by atoms with Crippen LogP contribution in [-0.4, -0.2) is 21.6 Å². The smallest absolute Gasteiger partial charge is 0.110 e. The molecule has 0 amide bonds. The van der Waals surface area contributed by atoms with Crippen molar-refractivity contribution >= 4 is 10.8 Å². The largest absolute Gasteiger partial charge is 0.338 e. The van der Waals surface area contributed by atoms with Crippen LogP contribution in [0.5, 0.6) is 0 Å². The Balaban J connectivity index is 2.01. The van der Waals surface area contributed by atoms with E-state index in [9.17, 15) is 0 Å². The number of rotatable bonds is 4. The molecule has 102 valence electrons. The standard InChI is InChI=1S/C16H18N4/c1-17-14(11-15-18-9-10-20(15)2)16-13-6-4-3-5-12(13)7-8-19-16/h3-10,14,17H,11H2,1-2H3. The first kappa shape index (κ1) is 12.8. The second-order valence-electron chi connectivity index (χ2n) is 4.92. The average molecular weight is 266 g/mol. The van der Waals surface area contributed by atoms with Gasteiger partial charge in [0.1, 0.15) is 5.82 Å². The lowest BCUT2D eigenvalue weighted by Crippen LogP contribution is -2.21.